The van der Waals surface area contributed by atoms with Gasteiger partial charge in [-0.3, -0.25) is 14.4 Å². The molecular formula is C39H48N4O4. The van der Waals surface area contributed by atoms with Gasteiger partial charge < -0.3 is 25.6 Å². The van der Waals surface area contributed by atoms with E-state index in [4.69, 9.17) is 4.74 Å². The summed E-state index contributed by atoms with van der Waals surface area (Å²) < 4.78 is 6.44. The van der Waals surface area contributed by atoms with Crippen LogP contribution in [-0.4, -0.2) is 60.6 Å². The van der Waals surface area contributed by atoms with Crippen molar-refractivity contribution < 1.29 is 19.1 Å². The molecule has 47 heavy (non-hydrogen) atoms. The van der Waals surface area contributed by atoms with Crippen LogP contribution in [0.5, 0.6) is 0 Å². The van der Waals surface area contributed by atoms with Crippen molar-refractivity contribution in [2.24, 2.45) is 5.41 Å². The summed E-state index contributed by atoms with van der Waals surface area (Å²) in [5.41, 5.74) is 4.28. The molecule has 1 aliphatic carbocycles. The number of hydrogen-bond donors (Lipinski definition) is 3. The molecule has 6 rings (SSSR count). The molecule has 8 nitrogen and oxygen atoms in total. The van der Waals surface area contributed by atoms with Gasteiger partial charge in [-0.05, 0) is 81.2 Å². The maximum Gasteiger partial charge on any atom is 0.247 e. The van der Waals surface area contributed by atoms with E-state index in [2.05, 4.69) is 58.4 Å². The largest absolute Gasteiger partial charge is 0.358 e. The highest BCUT2D eigenvalue weighted by atomic mass is 16.5. The minimum Gasteiger partial charge on any atom is -0.358 e. The van der Waals surface area contributed by atoms with Gasteiger partial charge in [-0.2, -0.15) is 0 Å². The quantitative estimate of drug-likeness (QED) is 0.279. The van der Waals surface area contributed by atoms with Crippen LogP contribution in [0.1, 0.15) is 73.7 Å². The van der Waals surface area contributed by atoms with Crippen LogP contribution < -0.4 is 16.0 Å². The van der Waals surface area contributed by atoms with Crippen LogP contribution in [0.2, 0.25) is 0 Å². The molecule has 2 saturated heterocycles. The number of carbonyl (C=O) groups excluding carboxylic acids is 3. The van der Waals surface area contributed by atoms with E-state index in [1.165, 1.54) is 16.7 Å². The number of aryl methyl sites for hydroxylation is 3. The smallest absolute Gasteiger partial charge is 0.247 e. The number of amides is 3. The molecule has 0 aromatic heterocycles. The molecule has 3 amide bonds. The number of hydrogen-bond acceptors (Lipinski definition) is 5. The third-order valence-corrected chi connectivity index (χ3v) is 10.6. The normalized spacial score (nSPS) is 24.0. The van der Waals surface area contributed by atoms with E-state index in [0.717, 1.165) is 50.5 Å². The fraction of sp³-hybridized carbons (Fsp3) is 0.462. The summed E-state index contributed by atoms with van der Waals surface area (Å²) in [6.45, 7) is 2.09. The van der Waals surface area contributed by atoms with Crippen molar-refractivity contribution in [1.82, 2.24) is 20.9 Å². The molecule has 0 radical (unpaired) electrons. The number of carbonyl (C=O) groups is 3. The molecule has 248 valence electrons. The maximum absolute atomic E-state index is 14.9. The third-order valence-electron chi connectivity index (χ3n) is 10.6. The number of nitrogens with one attached hydrogen (secondary N) is 3. The average molecular weight is 637 g/mol. The van der Waals surface area contributed by atoms with Crippen molar-refractivity contribution in [1.29, 1.82) is 0 Å². The SMILES string of the molecule is CNC(C)C(=O)N[C@H]1CCO[C@H]2CC(CCc3ccccc3)(CCc3ccccc3)C(C(=O)N[C@@H]3CCCc4ccccc43)N2C1=O. The van der Waals surface area contributed by atoms with Crippen molar-refractivity contribution >= 4 is 17.7 Å². The Labute approximate surface area is 278 Å². The first-order valence-corrected chi connectivity index (χ1v) is 17.3. The molecule has 3 aromatic rings. The first kappa shape index (κ1) is 32.9. The van der Waals surface area contributed by atoms with Gasteiger partial charge in [0, 0.05) is 18.3 Å². The van der Waals surface area contributed by atoms with Crippen LogP contribution in [0.15, 0.2) is 84.9 Å². The van der Waals surface area contributed by atoms with E-state index in [0.29, 0.717) is 19.4 Å². The predicted octanol–water partition coefficient (Wildman–Crippen LogP) is 4.87. The molecule has 5 atom stereocenters. The first-order chi connectivity index (χ1) is 22.9. The number of rotatable bonds is 11. The summed E-state index contributed by atoms with van der Waals surface area (Å²) in [5.74, 6) is -0.625. The van der Waals surface area contributed by atoms with Crippen LogP contribution in [0.4, 0.5) is 0 Å². The van der Waals surface area contributed by atoms with Gasteiger partial charge in [0.25, 0.3) is 0 Å². The number of likely N-dealkylation sites (N-methyl/N-ethyl adjacent to an activating group) is 1. The van der Waals surface area contributed by atoms with Crippen molar-refractivity contribution in [2.45, 2.75) is 95.1 Å². The van der Waals surface area contributed by atoms with E-state index in [1.807, 2.05) is 42.5 Å². The zero-order valence-corrected chi connectivity index (χ0v) is 27.6. The van der Waals surface area contributed by atoms with Crippen molar-refractivity contribution in [3.63, 3.8) is 0 Å². The van der Waals surface area contributed by atoms with E-state index >= 15 is 0 Å². The lowest BCUT2D eigenvalue weighted by atomic mass is 9.70. The van der Waals surface area contributed by atoms with Gasteiger partial charge in [0.05, 0.1) is 18.7 Å². The molecular weight excluding hydrogens is 588 g/mol. The van der Waals surface area contributed by atoms with E-state index in [-0.39, 0.29) is 23.8 Å². The predicted molar refractivity (Wildman–Crippen MR) is 182 cm³/mol. The van der Waals surface area contributed by atoms with Crippen molar-refractivity contribution in [3.05, 3.63) is 107 Å². The molecule has 3 N–H and O–H groups in total. The van der Waals surface area contributed by atoms with Gasteiger partial charge in [-0.1, -0.05) is 84.9 Å². The Balaban J connectivity index is 1.38. The first-order valence-electron chi connectivity index (χ1n) is 17.3. The minimum absolute atomic E-state index is 0.123. The lowest BCUT2D eigenvalue weighted by Crippen LogP contribution is -2.59. The summed E-state index contributed by atoms with van der Waals surface area (Å²) in [6, 6.07) is 27.0. The summed E-state index contributed by atoms with van der Waals surface area (Å²) in [6.07, 6.45) is 6.22. The second-order valence-electron chi connectivity index (χ2n) is 13.5. The molecule has 3 aliphatic rings. The fourth-order valence-corrected chi connectivity index (χ4v) is 7.85. The lowest BCUT2D eigenvalue weighted by Gasteiger charge is -2.39. The molecule has 2 fully saturated rings. The Bertz CT molecular complexity index is 1490. The van der Waals surface area contributed by atoms with Gasteiger partial charge in [0.2, 0.25) is 17.7 Å². The van der Waals surface area contributed by atoms with Crippen LogP contribution in [0, 0.1) is 5.41 Å². The van der Waals surface area contributed by atoms with E-state index in [9.17, 15) is 14.4 Å². The molecule has 2 heterocycles. The summed E-state index contributed by atoms with van der Waals surface area (Å²) >= 11 is 0. The van der Waals surface area contributed by atoms with Crippen LogP contribution in [-0.2, 0) is 38.4 Å². The zero-order valence-electron chi connectivity index (χ0n) is 27.6. The zero-order chi connectivity index (χ0) is 32.8. The Hall–Kier alpha value is -4.01. The number of nitrogens with zero attached hydrogens (tertiary/aromatic N) is 1. The monoisotopic (exact) mass is 636 g/mol. The lowest BCUT2D eigenvalue weighted by molar-refractivity contribution is -0.150. The third kappa shape index (κ3) is 7.29. The molecule has 2 unspecified atom stereocenters. The maximum atomic E-state index is 14.9. The van der Waals surface area contributed by atoms with Gasteiger partial charge in [-0.15, -0.1) is 0 Å². The highest BCUT2D eigenvalue weighted by Crippen LogP contribution is 2.49. The number of ether oxygens (including phenoxy) is 1. The highest BCUT2D eigenvalue weighted by molar-refractivity contribution is 5.94. The van der Waals surface area contributed by atoms with Gasteiger partial charge in [0.15, 0.2) is 0 Å². The molecule has 8 heteroatoms. The summed E-state index contributed by atoms with van der Waals surface area (Å²) in [4.78, 5) is 44.1. The van der Waals surface area contributed by atoms with Crippen molar-refractivity contribution in [2.75, 3.05) is 13.7 Å². The Morgan fingerprint density at radius 3 is 2.17 bits per heavy atom. The van der Waals surface area contributed by atoms with Gasteiger partial charge in [-0.25, -0.2) is 0 Å². The molecule has 0 spiro atoms. The van der Waals surface area contributed by atoms with Gasteiger partial charge in [0.1, 0.15) is 18.3 Å². The van der Waals surface area contributed by atoms with E-state index < -0.39 is 29.8 Å². The standard InChI is InChI=1S/C39H48N4O4/c1-27(40-2)36(44)42-33-22-25-47-34-26-39(23-20-28-12-5-3-6-13-28,24-21-29-14-7-4-8-15-29)35(43(34)38(33)46)37(45)41-32-19-11-17-30-16-9-10-18-31(30)32/h3-10,12-16,18,27,32-35,40H,11,17,19-26H2,1-2H3,(H,41,45)(H,42,44)/t27?,32-,33+,34+,35?/m1/s1. The van der Waals surface area contributed by atoms with Crippen molar-refractivity contribution in [3.8, 4) is 0 Å². The Morgan fingerprint density at radius 1 is 0.872 bits per heavy atom. The second kappa shape index (κ2) is 14.8. The summed E-state index contributed by atoms with van der Waals surface area (Å²) in [5, 5.41) is 9.36. The summed E-state index contributed by atoms with van der Waals surface area (Å²) in [7, 11) is 1.72. The molecule has 2 aliphatic heterocycles. The molecule has 0 saturated carbocycles. The fourth-order valence-electron chi connectivity index (χ4n) is 7.85. The molecule has 0 bridgehead atoms. The topological polar surface area (TPSA) is 99.8 Å². The highest BCUT2D eigenvalue weighted by Gasteiger charge is 2.58. The second-order valence-corrected chi connectivity index (χ2v) is 13.5. The van der Waals surface area contributed by atoms with Gasteiger partial charge >= 0.3 is 0 Å². The Kier molecular flexibility index (Phi) is 10.4. The van der Waals surface area contributed by atoms with E-state index in [1.54, 1.807) is 18.9 Å². The Morgan fingerprint density at radius 2 is 1.51 bits per heavy atom. The number of fused-ring (bicyclic) bond motifs is 2. The van der Waals surface area contributed by atoms with Crippen LogP contribution in [0.25, 0.3) is 0 Å². The molecule has 3 aromatic carbocycles. The minimum atomic E-state index is -0.770. The number of benzene rings is 3. The average Bonchev–Trinajstić information content (AvgIpc) is 3.36. The van der Waals surface area contributed by atoms with Crippen LogP contribution in [0.3, 0.4) is 0 Å². The van der Waals surface area contributed by atoms with Crippen LogP contribution >= 0.6 is 0 Å².